The van der Waals surface area contributed by atoms with Gasteiger partial charge in [-0.3, -0.25) is 9.79 Å². The second-order valence-electron chi connectivity index (χ2n) is 4.06. The molecule has 0 aliphatic carbocycles. The fourth-order valence-corrected chi connectivity index (χ4v) is 1.13. The number of methoxy groups -OCH3 is 1. The Kier molecular flexibility index (Phi) is 6.42. The summed E-state index contributed by atoms with van der Waals surface area (Å²) in [5.74, 6) is -0.579. The van der Waals surface area contributed by atoms with Crippen LogP contribution in [0.1, 0.15) is 26.7 Å². The van der Waals surface area contributed by atoms with Gasteiger partial charge in [0.2, 0.25) is 0 Å². The van der Waals surface area contributed by atoms with E-state index in [1.807, 2.05) is 0 Å². The van der Waals surface area contributed by atoms with E-state index in [0.29, 0.717) is 18.7 Å². The first-order valence-corrected chi connectivity index (χ1v) is 5.28. The third-order valence-electron chi connectivity index (χ3n) is 2.16. The molecule has 0 aromatic carbocycles. The van der Waals surface area contributed by atoms with Gasteiger partial charge in [0.15, 0.2) is 0 Å². The predicted molar refractivity (Wildman–Crippen MR) is 65.2 cm³/mol. The van der Waals surface area contributed by atoms with Gasteiger partial charge in [0.05, 0.1) is 19.5 Å². The van der Waals surface area contributed by atoms with Crippen molar-refractivity contribution in [3.8, 4) is 0 Å². The van der Waals surface area contributed by atoms with Crippen molar-refractivity contribution >= 4 is 11.8 Å². The molecule has 4 N–H and O–H groups in total. The quantitative estimate of drug-likeness (QED) is 0.413. The van der Waals surface area contributed by atoms with Gasteiger partial charge in [0.25, 0.3) is 0 Å². The number of esters is 1. The molecule has 0 rings (SSSR count). The Balaban J connectivity index is 4.17. The zero-order valence-electron chi connectivity index (χ0n) is 10.5. The number of nitrogens with zero attached hydrogens (tertiary/aromatic N) is 1. The number of carbonyl (C=O) groups excluding carboxylic acids is 1. The van der Waals surface area contributed by atoms with Gasteiger partial charge in [-0.15, -0.1) is 0 Å². The highest BCUT2D eigenvalue weighted by Gasteiger charge is 2.28. The molecule has 5 nitrogen and oxygen atoms in total. The first kappa shape index (κ1) is 15.6. The molecule has 6 heteroatoms. The lowest BCUT2D eigenvalue weighted by Crippen LogP contribution is -2.45. The Morgan fingerprint density at radius 3 is 2.65 bits per heavy atom. The molecule has 0 aromatic rings. The number of aliphatic imine (C=N–C) groups is 1. The number of nitrogens with two attached hydrogens (primary N) is 2. The normalized spacial score (nSPS) is 16.5. The van der Waals surface area contributed by atoms with E-state index in [4.69, 9.17) is 11.5 Å². The molecule has 98 valence electrons. The lowest BCUT2D eigenvalue weighted by molar-refractivity contribution is -0.146. The van der Waals surface area contributed by atoms with Crippen molar-refractivity contribution in [2.45, 2.75) is 32.2 Å². The Labute approximate surface area is 101 Å². The molecule has 0 bridgehead atoms. The molecular formula is C11H20FN3O2. The van der Waals surface area contributed by atoms with E-state index >= 15 is 0 Å². The van der Waals surface area contributed by atoms with Gasteiger partial charge in [0, 0.05) is 0 Å². The van der Waals surface area contributed by atoms with Gasteiger partial charge in [-0.05, 0) is 26.7 Å². The first-order valence-electron chi connectivity index (χ1n) is 5.28. The number of ether oxygens (including phenoxy) is 1. The van der Waals surface area contributed by atoms with E-state index < -0.39 is 17.3 Å². The van der Waals surface area contributed by atoms with Crippen LogP contribution in [0.3, 0.4) is 0 Å². The SMILES string of the molecule is COC(=O)[C@](C)(N)CCC=C(F)CN=C(C)N. The van der Waals surface area contributed by atoms with Crippen molar-refractivity contribution < 1.29 is 13.9 Å². The Morgan fingerprint density at radius 1 is 1.59 bits per heavy atom. The molecule has 0 saturated carbocycles. The van der Waals surface area contributed by atoms with E-state index in [0.717, 1.165) is 0 Å². The van der Waals surface area contributed by atoms with Crippen molar-refractivity contribution in [2.75, 3.05) is 13.7 Å². The summed E-state index contributed by atoms with van der Waals surface area (Å²) < 4.78 is 17.7. The molecule has 0 saturated heterocycles. The molecule has 0 aromatic heterocycles. The van der Waals surface area contributed by atoms with Crippen LogP contribution < -0.4 is 11.5 Å². The highest BCUT2D eigenvalue weighted by Crippen LogP contribution is 2.12. The van der Waals surface area contributed by atoms with Gasteiger partial charge in [-0.25, -0.2) is 4.39 Å². The van der Waals surface area contributed by atoms with Crippen LogP contribution in [0.4, 0.5) is 4.39 Å². The van der Waals surface area contributed by atoms with E-state index in [2.05, 4.69) is 9.73 Å². The fraction of sp³-hybridized carbons (Fsp3) is 0.636. The average molecular weight is 245 g/mol. The van der Waals surface area contributed by atoms with Crippen LogP contribution in [0.5, 0.6) is 0 Å². The maximum Gasteiger partial charge on any atom is 0.325 e. The van der Waals surface area contributed by atoms with Gasteiger partial charge >= 0.3 is 5.97 Å². The minimum atomic E-state index is -1.10. The largest absolute Gasteiger partial charge is 0.468 e. The van der Waals surface area contributed by atoms with Crippen LogP contribution in [-0.4, -0.2) is 31.0 Å². The minimum absolute atomic E-state index is 0.0815. The van der Waals surface area contributed by atoms with E-state index in [9.17, 15) is 9.18 Å². The molecular weight excluding hydrogens is 225 g/mol. The summed E-state index contributed by atoms with van der Waals surface area (Å²) in [6.45, 7) is 3.05. The zero-order valence-corrected chi connectivity index (χ0v) is 10.5. The summed E-state index contributed by atoms with van der Waals surface area (Å²) in [4.78, 5) is 14.9. The van der Waals surface area contributed by atoms with Crippen LogP contribution in [0.15, 0.2) is 16.9 Å². The summed E-state index contributed by atoms with van der Waals surface area (Å²) in [6.07, 6.45) is 1.99. The molecule has 0 radical (unpaired) electrons. The molecule has 0 spiro atoms. The Bertz CT molecular complexity index is 321. The van der Waals surface area contributed by atoms with E-state index in [1.165, 1.54) is 13.2 Å². The van der Waals surface area contributed by atoms with Gasteiger partial charge in [-0.1, -0.05) is 6.08 Å². The first-order chi connectivity index (χ1) is 7.79. The van der Waals surface area contributed by atoms with Crippen LogP contribution in [0, 0.1) is 0 Å². The van der Waals surface area contributed by atoms with E-state index in [-0.39, 0.29) is 6.54 Å². The maximum atomic E-state index is 13.2. The van der Waals surface area contributed by atoms with Gasteiger partial charge in [0.1, 0.15) is 11.4 Å². The summed E-state index contributed by atoms with van der Waals surface area (Å²) >= 11 is 0. The summed E-state index contributed by atoms with van der Waals surface area (Å²) in [5, 5.41) is 0. The molecule has 0 aliphatic rings. The minimum Gasteiger partial charge on any atom is -0.468 e. The third-order valence-corrected chi connectivity index (χ3v) is 2.16. The summed E-state index contributed by atoms with van der Waals surface area (Å²) in [6, 6.07) is 0. The molecule has 0 amide bonds. The highest BCUT2D eigenvalue weighted by molar-refractivity contribution is 5.79. The molecule has 0 unspecified atom stereocenters. The standard InChI is InChI=1S/C11H20FN3O2/c1-8(13)15-7-9(12)5-4-6-11(2,14)10(16)17-3/h5H,4,6-7,14H2,1-3H3,(H2,13,15)/t11-/m1/s1. The third kappa shape index (κ3) is 6.68. The zero-order chi connectivity index (χ0) is 13.5. The lowest BCUT2D eigenvalue weighted by atomic mass is 9.97. The van der Waals surface area contributed by atoms with Crippen LogP contribution in [0.2, 0.25) is 0 Å². The van der Waals surface area contributed by atoms with Crippen molar-refractivity contribution in [3.05, 3.63) is 11.9 Å². The second-order valence-corrected chi connectivity index (χ2v) is 4.06. The predicted octanol–water partition coefficient (Wildman–Crippen LogP) is 0.887. The van der Waals surface area contributed by atoms with Crippen LogP contribution >= 0.6 is 0 Å². The number of halogens is 1. The number of amidine groups is 1. The number of rotatable bonds is 6. The molecule has 0 aliphatic heterocycles. The number of hydrogen-bond acceptors (Lipinski definition) is 4. The van der Waals surface area contributed by atoms with E-state index in [1.54, 1.807) is 13.8 Å². The average Bonchev–Trinajstić information content (AvgIpc) is 2.24. The lowest BCUT2D eigenvalue weighted by Gasteiger charge is -2.20. The molecule has 0 fully saturated rings. The van der Waals surface area contributed by atoms with Gasteiger partial charge in [-0.2, -0.15) is 0 Å². The topological polar surface area (TPSA) is 90.7 Å². The number of allylic oxidation sites excluding steroid dienone is 1. The van der Waals surface area contributed by atoms with Gasteiger partial charge < -0.3 is 16.2 Å². The van der Waals surface area contributed by atoms with Crippen molar-refractivity contribution in [2.24, 2.45) is 16.5 Å². The fourth-order valence-electron chi connectivity index (χ4n) is 1.13. The molecule has 0 heterocycles. The Hall–Kier alpha value is -1.43. The summed E-state index contributed by atoms with van der Waals surface area (Å²) in [7, 11) is 1.27. The second kappa shape index (κ2) is 7.01. The smallest absolute Gasteiger partial charge is 0.325 e. The Morgan fingerprint density at radius 2 is 2.18 bits per heavy atom. The maximum absolute atomic E-state index is 13.2. The van der Waals surface area contributed by atoms with Crippen molar-refractivity contribution in [3.63, 3.8) is 0 Å². The number of hydrogen-bond donors (Lipinski definition) is 2. The monoisotopic (exact) mass is 245 g/mol. The number of carbonyl (C=O) groups is 1. The summed E-state index contributed by atoms with van der Waals surface area (Å²) in [5.41, 5.74) is 9.88. The molecule has 17 heavy (non-hydrogen) atoms. The molecule has 1 atom stereocenters. The van der Waals surface area contributed by atoms with Crippen molar-refractivity contribution in [1.29, 1.82) is 0 Å². The van der Waals surface area contributed by atoms with Crippen LogP contribution in [-0.2, 0) is 9.53 Å². The highest BCUT2D eigenvalue weighted by atomic mass is 19.1. The van der Waals surface area contributed by atoms with Crippen molar-refractivity contribution in [1.82, 2.24) is 0 Å². The van der Waals surface area contributed by atoms with Crippen LogP contribution in [0.25, 0.3) is 0 Å².